The molecule has 8 heteroatoms. The van der Waals surface area contributed by atoms with E-state index in [4.69, 9.17) is 32.7 Å². The van der Waals surface area contributed by atoms with Gasteiger partial charge in [-0.3, -0.25) is 9.59 Å². The fraction of sp³-hybridized carbons (Fsp3) is 0.417. The summed E-state index contributed by atoms with van der Waals surface area (Å²) < 4.78 is 10.8. The monoisotopic (exact) mass is 480 g/mol. The summed E-state index contributed by atoms with van der Waals surface area (Å²) in [6, 6.07) is 11.3. The largest absolute Gasteiger partial charge is 0.379 e. The van der Waals surface area contributed by atoms with Crippen molar-refractivity contribution in [2.24, 2.45) is 5.92 Å². The summed E-state index contributed by atoms with van der Waals surface area (Å²) in [6.45, 7) is 8.03. The Hall–Kier alpha value is -2.12. The van der Waals surface area contributed by atoms with Gasteiger partial charge in [-0.2, -0.15) is 0 Å². The van der Waals surface area contributed by atoms with Crippen molar-refractivity contribution in [1.29, 1.82) is 0 Å². The molecule has 0 fully saturated rings. The van der Waals surface area contributed by atoms with Gasteiger partial charge in [-0.05, 0) is 55.2 Å². The van der Waals surface area contributed by atoms with Gasteiger partial charge in [0.15, 0.2) is 0 Å². The normalized spacial score (nSPS) is 11.9. The van der Waals surface area contributed by atoms with Gasteiger partial charge in [0.05, 0.1) is 30.4 Å². The van der Waals surface area contributed by atoms with Crippen LogP contribution in [-0.2, 0) is 20.9 Å². The minimum Gasteiger partial charge on any atom is -0.379 e. The van der Waals surface area contributed by atoms with E-state index >= 15 is 0 Å². The van der Waals surface area contributed by atoms with E-state index in [2.05, 4.69) is 10.6 Å². The van der Waals surface area contributed by atoms with E-state index in [1.54, 1.807) is 18.2 Å². The summed E-state index contributed by atoms with van der Waals surface area (Å²) in [7, 11) is 0. The van der Waals surface area contributed by atoms with Gasteiger partial charge in [-0.15, -0.1) is 0 Å². The number of carbonyl (C=O) groups excluding carboxylic acids is 2. The molecule has 174 valence electrons. The molecule has 2 aromatic carbocycles. The van der Waals surface area contributed by atoms with Crippen molar-refractivity contribution in [3.8, 4) is 0 Å². The maximum Gasteiger partial charge on any atom is 0.253 e. The smallest absolute Gasteiger partial charge is 0.253 e. The summed E-state index contributed by atoms with van der Waals surface area (Å²) in [5, 5.41) is 6.35. The Bertz CT molecular complexity index is 905. The number of anilines is 1. The number of benzene rings is 2. The Morgan fingerprint density at radius 1 is 1.03 bits per heavy atom. The first kappa shape index (κ1) is 26.1. The van der Waals surface area contributed by atoms with Crippen LogP contribution in [0, 0.1) is 5.92 Å². The van der Waals surface area contributed by atoms with Crippen LogP contribution in [0.5, 0.6) is 0 Å². The SMILES string of the molecule is CCOCCOCc1cccc(NC(=O)C(CC(C)C)NC(=O)c2ccc(Cl)cc2Cl)c1. The Morgan fingerprint density at radius 2 is 1.78 bits per heavy atom. The predicted octanol–water partition coefficient (Wildman–Crippen LogP) is 5.33. The summed E-state index contributed by atoms with van der Waals surface area (Å²) in [5.41, 5.74) is 1.83. The number of carbonyl (C=O) groups is 2. The highest BCUT2D eigenvalue weighted by Gasteiger charge is 2.24. The number of hydrogen-bond acceptors (Lipinski definition) is 4. The molecule has 6 nitrogen and oxygen atoms in total. The minimum atomic E-state index is -0.722. The fourth-order valence-corrected chi connectivity index (χ4v) is 3.53. The Balaban J connectivity index is 2.03. The van der Waals surface area contributed by atoms with Crippen LogP contribution < -0.4 is 10.6 Å². The van der Waals surface area contributed by atoms with Crippen molar-refractivity contribution in [1.82, 2.24) is 5.32 Å². The first-order valence-corrected chi connectivity index (χ1v) is 11.4. The van der Waals surface area contributed by atoms with Gasteiger partial charge in [-0.25, -0.2) is 0 Å². The second kappa shape index (κ2) is 13.4. The molecule has 0 aliphatic rings. The zero-order chi connectivity index (χ0) is 23.5. The Kier molecular flexibility index (Phi) is 11.0. The van der Waals surface area contributed by atoms with Crippen molar-refractivity contribution < 1.29 is 19.1 Å². The van der Waals surface area contributed by atoms with Gasteiger partial charge < -0.3 is 20.1 Å². The van der Waals surface area contributed by atoms with E-state index in [0.717, 1.165) is 5.56 Å². The second-order valence-corrected chi connectivity index (χ2v) is 8.56. The van der Waals surface area contributed by atoms with Crippen molar-refractivity contribution in [3.63, 3.8) is 0 Å². The molecule has 2 rings (SSSR count). The standard InChI is InChI=1S/C24H30Cl2N2O4/c1-4-31-10-11-32-15-17-6-5-7-19(13-17)27-24(30)22(12-16(2)3)28-23(29)20-9-8-18(25)14-21(20)26/h5-9,13-14,16,22H,4,10-12,15H2,1-3H3,(H,27,30)(H,28,29). The lowest BCUT2D eigenvalue weighted by Gasteiger charge is -2.21. The van der Waals surface area contributed by atoms with Gasteiger partial charge in [0.25, 0.3) is 5.91 Å². The highest BCUT2D eigenvalue weighted by Crippen LogP contribution is 2.21. The molecule has 2 aromatic rings. The number of hydrogen-bond donors (Lipinski definition) is 2. The third-order valence-corrected chi connectivity index (χ3v) is 5.09. The van der Waals surface area contributed by atoms with Crippen LogP contribution in [0.4, 0.5) is 5.69 Å². The third kappa shape index (κ3) is 8.79. The highest BCUT2D eigenvalue weighted by atomic mass is 35.5. The number of rotatable bonds is 12. The molecule has 0 bridgehead atoms. The van der Waals surface area contributed by atoms with E-state index in [9.17, 15) is 9.59 Å². The van der Waals surface area contributed by atoms with Crippen molar-refractivity contribution >= 4 is 40.7 Å². The maximum absolute atomic E-state index is 13.0. The maximum atomic E-state index is 13.0. The topological polar surface area (TPSA) is 76.7 Å². The van der Waals surface area contributed by atoms with Crippen molar-refractivity contribution in [3.05, 3.63) is 63.6 Å². The molecule has 0 radical (unpaired) electrons. The molecule has 0 aromatic heterocycles. The number of amides is 2. The molecular weight excluding hydrogens is 451 g/mol. The summed E-state index contributed by atoms with van der Waals surface area (Å²) in [4.78, 5) is 25.7. The Morgan fingerprint density at radius 3 is 2.47 bits per heavy atom. The molecule has 0 spiro atoms. The molecule has 2 amide bonds. The molecule has 0 saturated heterocycles. The van der Waals surface area contributed by atoms with Crippen LogP contribution in [0.2, 0.25) is 10.0 Å². The minimum absolute atomic E-state index is 0.191. The van der Waals surface area contributed by atoms with Crippen LogP contribution in [0.15, 0.2) is 42.5 Å². The zero-order valence-electron chi connectivity index (χ0n) is 18.6. The average Bonchev–Trinajstić information content (AvgIpc) is 2.73. The molecular formula is C24H30Cl2N2O4. The van der Waals surface area contributed by atoms with E-state index in [1.807, 2.05) is 39.0 Å². The van der Waals surface area contributed by atoms with Crippen LogP contribution in [-0.4, -0.2) is 37.7 Å². The third-order valence-electron chi connectivity index (χ3n) is 4.54. The lowest BCUT2D eigenvalue weighted by atomic mass is 10.0. The van der Waals surface area contributed by atoms with Crippen molar-refractivity contribution in [2.45, 2.75) is 39.8 Å². The molecule has 1 atom stereocenters. The van der Waals surface area contributed by atoms with Crippen molar-refractivity contribution in [2.75, 3.05) is 25.1 Å². The highest BCUT2D eigenvalue weighted by molar-refractivity contribution is 6.36. The molecule has 0 heterocycles. The lowest BCUT2D eigenvalue weighted by molar-refractivity contribution is -0.118. The van der Waals surface area contributed by atoms with Gasteiger partial charge in [0.1, 0.15) is 6.04 Å². The molecule has 0 aliphatic heterocycles. The number of halogens is 2. The summed E-state index contributed by atoms with van der Waals surface area (Å²) >= 11 is 12.1. The zero-order valence-corrected chi connectivity index (χ0v) is 20.1. The van der Waals surface area contributed by atoms with E-state index in [1.165, 1.54) is 6.07 Å². The van der Waals surface area contributed by atoms with E-state index in [0.29, 0.717) is 43.6 Å². The van der Waals surface area contributed by atoms with Crippen LogP contribution in [0.3, 0.4) is 0 Å². The van der Waals surface area contributed by atoms with Gasteiger partial charge in [0.2, 0.25) is 5.91 Å². The lowest BCUT2D eigenvalue weighted by Crippen LogP contribution is -2.44. The van der Waals surface area contributed by atoms with Crippen LogP contribution >= 0.6 is 23.2 Å². The van der Waals surface area contributed by atoms with Crippen LogP contribution in [0.25, 0.3) is 0 Å². The van der Waals surface area contributed by atoms with E-state index in [-0.39, 0.29) is 22.4 Å². The first-order valence-electron chi connectivity index (χ1n) is 10.6. The average molecular weight is 481 g/mol. The summed E-state index contributed by atoms with van der Waals surface area (Å²) in [5.74, 6) is -0.535. The summed E-state index contributed by atoms with van der Waals surface area (Å²) in [6.07, 6.45) is 0.475. The molecule has 2 N–H and O–H groups in total. The Labute approximate surface area is 199 Å². The van der Waals surface area contributed by atoms with Gasteiger partial charge >= 0.3 is 0 Å². The van der Waals surface area contributed by atoms with Crippen LogP contribution in [0.1, 0.15) is 43.1 Å². The quantitative estimate of drug-likeness (QED) is 0.402. The fourth-order valence-electron chi connectivity index (χ4n) is 3.03. The first-order chi connectivity index (χ1) is 15.3. The molecule has 1 unspecified atom stereocenters. The van der Waals surface area contributed by atoms with Gasteiger partial charge in [0, 0.05) is 17.3 Å². The number of nitrogens with one attached hydrogen (secondary N) is 2. The van der Waals surface area contributed by atoms with E-state index < -0.39 is 11.9 Å². The molecule has 0 saturated carbocycles. The predicted molar refractivity (Wildman–Crippen MR) is 128 cm³/mol. The number of ether oxygens (including phenoxy) is 2. The van der Waals surface area contributed by atoms with Gasteiger partial charge in [-0.1, -0.05) is 49.2 Å². The second-order valence-electron chi connectivity index (χ2n) is 7.72. The molecule has 0 aliphatic carbocycles. The molecule has 32 heavy (non-hydrogen) atoms.